The molecule has 0 atom stereocenters. The zero-order valence-corrected chi connectivity index (χ0v) is 37.7. The quantitative estimate of drug-likeness (QED) is 0.128. The predicted octanol–water partition coefficient (Wildman–Crippen LogP) is 14.6. The highest BCUT2D eigenvalue weighted by Crippen LogP contribution is 2.49. The molecule has 0 amide bonds. The van der Waals surface area contributed by atoms with E-state index in [0.717, 1.165) is 21.3 Å². The molecule has 7 rings (SSSR count). The maximum absolute atomic E-state index is 15.1. The van der Waals surface area contributed by atoms with Crippen LogP contribution in [0.25, 0.3) is 11.1 Å². The first kappa shape index (κ1) is 42.8. The number of hydrogen-bond donors (Lipinski definition) is 2. The Morgan fingerprint density at radius 2 is 1.03 bits per heavy atom. The Balaban J connectivity index is 1.24. The molecule has 2 aliphatic carbocycles. The number of carbonyl (C=O) groups is 2. The van der Waals surface area contributed by atoms with E-state index in [4.69, 9.17) is 0 Å². The van der Waals surface area contributed by atoms with Crippen molar-refractivity contribution in [3.8, 4) is 22.6 Å². The van der Waals surface area contributed by atoms with Crippen LogP contribution in [-0.2, 0) is 18.3 Å². The maximum Gasteiger partial charge on any atom is 0.202 e. The molecule has 5 aromatic rings. The Hall–Kier alpha value is -4.26. The highest BCUT2D eigenvalue weighted by atomic mass is 32.2. The Morgan fingerprint density at radius 3 is 1.46 bits per heavy atom. The van der Waals surface area contributed by atoms with E-state index >= 15 is 4.79 Å². The summed E-state index contributed by atoms with van der Waals surface area (Å²) < 4.78 is 0. The second-order valence-corrected chi connectivity index (χ2v) is 21.0. The van der Waals surface area contributed by atoms with Gasteiger partial charge in [0.15, 0.2) is 5.78 Å². The minimum absolute atomic E-state index is 0.0121. The van der Waals surface area contributed by atoms with Gasteiger partial charge in [0.2, 0.25) is 5.78 Å². The van der Waals surface area contributed by atoms with Crippen LogP contribution >= 0.6 is 23.5 Å². The standard InChI is InChI=1S/C53H60O4S2/c1-9-10-33-11-13-34(14-12-33)35-15-17-36(18-16-35)37-19-23-41(24-20-37)58-43-29-38(27-31(2)3)49(54)47-45(43)51(56)46-44(59-42-25-21-40(22-26-42)53(6,7)8)30-39(28-32(4)5)50(55)48(46)52(47)57/h15-26,29-34,54-55H,9-14,27-28H2,1-8H3. The van der Waals surface area contributed by atoms with E-state index in [2.05, 4.69) is 128 Å². The SMILES string of the molecule is CCCC1CCC(c2ccc(-c3ccc(Sc4cc(CC(C)C)c(O)c5c4C(=O)c4c(Sc6ccc(C(C)(C)C)cc6)cc(CC(C)C)c(O)c4C5=O)cc3)cc2)CC1. The van der Waals surface area contributed by atoms with E-state index in [1.165, 1.54) is 78.7 Å². The van der Waals surface area contributed by atoms with Gasteiger partial charge in [-0.1, -0.05) is 140 Å². The van der Waals surface area contributed by atoms with Crippen molar-refractivity contribution in [2.45, 2.75) is 138 Å². The molecule has 0 aliphatic heterocycles. The number of benzene rings is 5. The van der Waals surface area contributed by atoms with Gasteiger partial charge in [-0.3, -0.25) is 9.59 Å². The third-order valence-electron chi connectivity index (χ3n) is 12.1. The number of phenols is 2. The second-order valence-electron chi connectivity index (χ2n) is 18.8. The van der Waals surface area contributed by atoms with E-state index < -0.39 is 5.78 Å². The minimum atomic E-state index is -0.514. The van der Waals surface area contributed by atoms with Crippen molar-refractivity contribution >= 4 is 35.1 Å². The summed E-state index contributed by atoms with van der Waals surface area (Å²) in [6.45, 7) is 17.1. The van der Waals surface area contributed by atoms with E-state index in [-0.39, 0.29) is 56.8 Å². The lowest BCUT2D eigenvalue weighted by molar-refractivity contribution is 0.0969. The molecule has 1 saturated carbocycles. The Morgan fingerprint density at radius 1 is 0.610 bits per heavy atom. The zero-order chi connectivity index (χ0) is 42.2. The van der Waals surface area contributed by atoms with Crippen LogP contribution in [0.5, 0.6) is 11.5 Å². The predicted molar refractivity (Wildman–Crippen MR) is 245 cm³/mol. The molecule has 2 N–H and O–H groups in total. The van der Waals surface area contributed by atoms with Crippen molar-refractivity contribution in [1.29, 1.82) is 0 Å². The molecule has 59 heavy (non-hydrogen) atoms. The first-order valence-corrected chi connectivity index (χ1v) is 23.3. The summed E-state index contributed by atoms with van der Waals surface area (Å²) >= 11 is 2.87. The van der Waals surface area contributed by atoms with Gasteiger partial charge in [-0.15, -0.1) is 0 Å². The third-order valence-corrected chi connectivity index (χ3v) is 14.2. The monoisotopic (exact) mass is 824 g/mol. The van der Waals surface area contributed by atoms with Gasteiger partial charge in [0.05, 0.1) is 22.3 Å². The molecule has 0 saturated heterocycles. The fourth-order valence-electron chi connectivity index (χ4n) is 9.03. The lowest BCUT2D eigenvalue weighted by Gasteiger charge is -2.28. The Bertz CT molecular complexity index is 2320. The highest BCUT2D eigenvalue weighted by Gasteiger charge is 2.40. The number of fused-ring (bicyclic) bond motifs is 2. The number of phenolic OH excluding ortho intramolecular Hbond substituents is 2. The van der Waals surface area contributed by atoms with Crippen LogP contribution in [0.1, 0.15) is 154 Å². The smallest absolute Gasteiger partial charge is 0.202 e. The Labute approximate surface area is 360 Å². The van der Waals surface area contributed by atoms with Gasteiger partial charge in [-0.2, -0.15) is 0 Å². The van der Waals surface area contributed by atoms with E-state index in [9.17, 15) is 15.0 Å². The fourth-order valence-corrected chi connectivity index (χ4v) is 11.1. The Kier molecular flexibility index (Phi) is 12.9. The molecule has 0 heterocycles. The van der Waals surface area contributed by atoms with Crippen molar-refractivity contribution in [1.82, 2.24) is 0 Å². The summed E-state index contributed by atoms with van der Waals surface area (Å²) in [6, 6.07) is 29.6. The van der Waals surface area contributed by atoms with Crippen molar-refractivity contribution in [2.75, 3.05) is 0 Å². The first-order valence-electron chi connectivity index (χ1n) is 21.7. The molecule has 308 valence electrons. The average molecular weight is 825 g/mol. The largest absolute Gasteiger partial charge is 0.507 e. The van der Waals surface area contributed by atoms with Crippen LogP contribution < -0.4 is 0 Å². The van der Waals surface area contributed by atoms with Gasteiger partial charge < -0.3 is 10.2 Å². The number of rotatable bonds is 12. The van der Waals surface area contributed by atoms with E-state index in [1.807, 2.05) is 12.1 Å². The fraction of sp³-hybridized carbons (Fsp3) is 0.396. The molecule has 6 heteroatoms. The lowest BCUT2D eigenvalue weighted by Crippen LogP contribution is -2.24. The molecule has 1 fully saturated rings. The molecular weight excluding hydrogens is 765 g/mol. The molecular formula is C53H60O4S2. The molecule has 0 radical (unpaired) electrons. The highest BCUT2D eigenvalue weighted by molar-refractivity contribution is 7.99. The molecule has 2 aliphatic rings. The second kappa shape index (κ2) is 17.8. The van der Waals surface area contributed by atoms with Gasteiger partial charge in [-0.25, -0.2) is 0 Å². The van der Waals surface area contributed by atoms with Crippen LogP contribution in [0.2, 0.25) is 0 Å². The number of ketones is 2. The number of aromatic hydroxyl groups is 2. The topological polar surface area (TPSA) is 74.6 Å². The molecule has 0 spiro atoms. The van der Waals surface area contributed by atoms with Gasteiger partial charge in [-0.05, 0) is 137 Å². The van der Waals surface area contributed by atoms with Crippen LogP contribution in [0.15, 0.2) is 105 Å². The van der Waals surface area contributed by atoms with E-state index in [0.29, 0.717) is 39.7 Å². The van der Waals surface area contributed by atoms with Gasteiger partial charge >= 0.3 is 0 Å². The minimum Gasteiger partial charge on any atom is -0.507 e. The molecule has 5 aromatic carbocycles. The van der Waals surface area contributed by atoms with Crippen molar-refractivity contribution in [3.05, 3.63) is 129 Å². The van der Waals surface area contributed by atoms with Gasteiger partial charge in [0, 0.05) is 19.6 Å². The lowest BCUT2D eigenvalue weighted by atomic mass is 9.77. The molecule has 0 bridgehead atoms. The normalized spacial score (nSPS) is 16.8. The summed E-state index contributed by atoms with van der Waals surface area (Å²) in [5, 5.41) is 23.6. The number of hydrogen-bond acceptors (Lipinski definition) is 6. The average Bonchev–Trinajstić information content (AvgIpc) is 3.19. The zero-order valence-electron chi connectivity index (χ0n) is 36.1. The molecule has 0 unspecified atom stereocenters. The molecule has 4 nitrogen and oxygen atoms in total. The van der Waals surface area contributed by atoms with Crippen LogP contribution in [0, 0.1) is 17.8 Å². The summed E-state index contributed by atoms with van der Waals surface area (Å²) in [5.41, 5.74) is 6.51. The van der Waals surface area contributed by atoms with Crippen LogP contribution in [0.3, 0.4) is 0 Å². The van der Waals surface area contributed by atoms with Crippen molar-refractivity contribution < 1.29 is 19.8 Å². The summed E-state index contributed by atoms with van der Waals surface area (Å²) in [6.07, 6.45) is 8.93. The van der Waals surface area contributed by atoms with Gasteiger partial charge in [0.25, 0.3) is 0 Å². The summed E-state index contributed by atoms with van der Waals surface area (Å²) in [7, 11) is 0. The summed E-state index contributed by atoms with van der Waals surface area (Å²) in [5.74, 6) is 0.717. The first-order chi connectivity index (χ1) is 28.1. The van der Waals surface area contributed by atoms with Crippen molar-refractivity contribution in [3.63, 3.8) is 0 Å². The number of carbonyl (C=O) groups excluding carboxylic acids is 2. The van der Waals surface area contributed by atoms with Gasteiger partial charge in [0.1, 0.15) is 11.5 Å². The third kappa shape index (κ3) is 9.25. The van der Waals surface area contributed by atoms with Crippen LogP contribution in [0.4, 0.5) is 0 Å². The maximum atomic E-state index is 15.1. The molecule has 0 aromatic heterocycles. The van der Waals surface area contributed by atoms with Crippen LogP contribution in [-0.4, -0.2) is 21.8 Å². The van der Waals surface area contributed by atoms with E-state index in [1.54, 1.807) is 0 Å². The summed E-state index contributed by atoms with van der Waals surface area (Å²) in [4.78, 5) is 33.0. The van der Waals surface area contributed by atoms with Crippen molar-refractivity contribution in [2.24, 2.45) is 17.8 Å².